The molecule has 0 aliphatic carbocycles. The van der Waals surface area contributed by atoms with E-state index in [1.807, 2.05) is 10.00 Å². The Labute approximate surface area is 261 Å². The van der Waals surface area contributed by atoms with Gasteiger partial charge < -0.3 is 29.5 Å². The number of aromatic nitrogens is 2. The van der Waals surface area contributed by atoms with E-state index in [4.69, 9.17) is 9.47 Å². The number of rotatable bonds is 7. The molecule has 46 heavy (non-hydrogen) atoms. The largest absolute Gasteiger partial charge is 0.490 e. The second kappa shape index (κ2) is 13.6. The molecule has 1 aromatic rings. The maximum atomic E-state index is 13.7. The van der Waals surface area contributed by atoms with E-state index in [2.05, 4.69) is 22.1 Å². The molecule has 4 aliphatic heterocycles. The van der Waals surface area contributed by atoms with E-state index in [1.54, 1.807) is 4.90 Å². The van der Waals surface area contributed by atoms with Gasteiger partial charge in [0, 0.05) is 51.3 Å². The van der Waals surface area contributed by atoms with Gasteiger partial charge >= 0.3 is 12.4 Å². The van der Waals surface area contributed by atoms with Crippen LogP contribution in [0.5, 0.6) is 0 Å². The molecule has 4 aliphatic rings. The Hall–Kier alpha value is -3.60. The number of allylic oxidation sites excluding steroid dienone is 2. The summed E-state index contributed by atoms with van der Waals surface area (Å²) in [6, 6.07) is -0.625. The fraction of sp³-hybridized carbons (Fsp3) is 0.655. The Kier molecular flexibility index (Phi) is 10.0. The number of anilines is 1. The van der Waals surface area contributed by atoms with Crippen molar-refractivity contribution in [2.24, 2.45) is 10.9 Å². The summed E-state index contributed by atoms with van der Waals surface area (Å²) in [5.41, 5.74) is -3.68. The van der Waals surface area contributed by atoms with Gasteiger partial charge in [-0.1, -0.05) is 0 Å². The molecule has 254 valence electrons. The van der Waals surface area contributed by atoms with E-state index in [-0.39, 0.29) is 48.5 Å². The highest BCUT2D eigenvalue weighted by Crippen LogP contribution is 2.37. The van der Waals surface area contributed by atoms with Gasteiger partial charge in [0.1, 0.15) is 5.56 Å². The molecule has 5 rings (SSSR count). The molecule has 0 saturated carbocycles. The summed E-state index contributed by atoms with van der Waals surface area (Å²) in [5.74, 6) is -0.275. The number of aromatic amines is 1. The molecule has 1 aromatic heterocycles. The molecule has 0 bridgehead atoms. The Morgan fingerprint density at radius 2 is 1.96 bits per heavy atom. The summed E-state index contributed by atoms with van der Waals surface area (Å²) in [5, 5.41) is 8.68. The third kappa shape index (κ3) is 7.35. The number of carbonyl (C=O) groups excluding carboxylic acids is 1. The molecule has 4 unspecified atom stereocenters. The molecule has 17 heteroatoms. The lowest BCUT2D eigenvalue weighted by Crippen LogP contribution is -2.57. The zero-order chi connectivity index (χ0) is 33.2. The molecule has 5 heterocycles. The minimum absolute atomic E-state index is 0.00522. The van der Waals surface area contributed by atoms with Crippen LogP contribution in [-0.2, 0) is 20.4 Å². The minimum Gasteiger partial charge on any atom is -0.490 e. The lowest BCUT2D eigenvalue weighted by molar-refractivity contribution is -0.140. The number of piperazine rings is 1. The fourth-order valence-electron chi connectivity index (χ4n) is 6.58. The van der Waals surface area contributed by atoms with Gasteiger partial charge in [0.25, 0.3) is 5.56 Å². The summed E-state index contributed by atoms with van der Waals surface area (Å²) in [4.78, 5) is 34.7. The van der Waals surface area contributed by atoms with E-state index in [0.717, 1.165) is 19.2 Å². The van der Waals surface area contributed by atoms with E-state index in [0.29, 0.717) is 65.0 Å². The quantitative estimate of drug-likeness (QED) is 0.339. The van der Waals surface area contributed by atoms with Crippen LogP contribution in [0.3, 0.4) is 0 Å². The molecule has 0 spiro atoms. The summed E-state index contributed by atoms with van der Waals surface area (Å²) >= 11 is 0. The molecule has 2 N–H and O–H groups in total. The Bertz CT molecular complexity index is 1410. The average molecular weight is 662 g/mol. The van der Waals surface area contributed by atoms with Gasteiger partial charge in [-0.15, -0.1) is 0 Å². The first kappa shape index (κ1) is 33.8. The first-order chi connectivity index (χ1) is 21.8. The minimum atomic E-state index is -4.85. The highest BCUT2D eigenvalue weighted by molar-refractivity contribution is 5.79. The maximum Gasteiger partial charge on any atom is 0.423 e. The number of piperidine rings is 1. The number of H-pyrrole nitrogens is 1. The smallest absolute Gasteiger partial charge is 0.423 e. The van der Waals surface area contributed by atoms with E-state index >= 15 is 0 Å². The summed E-state index contributed by atoms with van der Waals surface area (Å²) < 4.78 is 92.4. The van der Waals surface area contributed by atoms with Crippen LogP contribution in [0.25, 0.3) is 0 Å². The number of alkyl halides is 6. The van der Waals surface area contributed by atoms with Gasteiger partial charge in [-0.05, 0) is 39.0 Å². The topological polar surface area (TPSA) is 115 Å². The standard InChI is InChI=1S/C29H37F6N7O4/c1-17(28(30,31)32)10-23-25(36-2)42-8-7-40(15-19(42)5-9-45-23)27(44)18-11-21(13-37-12-18)46-16-20-4-3-6-41(20)22-14-38-39-26(43)24(22)29(33,34)35/h10,14,18-21,37H,2-9,11-13,15-16H2,1H3,(H,39,43)/b17-10+. The number of amides is 1. The van der Waals surface area contributed by atoms with Gasteiger partial charge in [0.05, 0.1) is 49.2 Å². The first-order valence-electron chi connectivity index (χ1n) is 15.2. The van der Waals surface area contributed by atoms with Crippen molar-refractivity contribution in [3.63, 3.8) is 0 Å². The highest BCUT2D eigenvalue weighted by Gasteiger charge is 2.42. The number of nitrogens with zero attached hydrogens (tertiary/aromatic N) is 5. The third-order valence-electron chi connectivity index (χ3n) is 8.93. The van der Waals surface area contributed by atoms with Gasteiger partial charge in [0.2, 0.25) is 5.91 Å². The predicted molar refractivity (Wildman–Crippen MR) is 155 cm³/mol. The molecule has 0 aromatic carbocycles. The van der Waals surface area contributed by atoms with E-state index in [1.165, 1.54) is 4.90 Å². The van der Waals surface area contributed by atoms with Gasteiger partial charge in [-0.25, -0.2) is 10.1 Å². The van der Waals surface area contributed by atoms with Crippen molar-refractivity contribution in [3.05, 3.63) is 45.3 Å². The van der Waals surface area contributed by atoms with Crippen LogP contribution in [0, 0.1) is 5.92 Å². The monoisotopic (exact) mass is 661 g/mol. The number of hydrogen-bond donors (Lipinski definition) is 2. The number of aliphatic imine (C=N–C) groups is 1. The van der Waals surface area contributed by atoms with Crippen LogP contribution in [0.1, 0.15) is 38.2 Å². The van der Waals surface area contributed by atoms with Crippen molar-refractivity contribution in [3.8, 4) is 0 Å². The maximum absolute atomic E-state index is 13.7. The van der Waals surface area contributed by atoms with Crippen LogP contribution in [0.2, 0.25) is 0 Å². The van der Waals surface area contributed by atoms with Crippen molar-refractivity contribution in [2.45, 2.75) is 63.1 Å². The lowest BCUT2D eigenvalue weighted by Gasteiger charge is -2.43. The summed E-state index contributed by atoms with van der Waals surface area (Å²) in [6.45, 7) is 7.00. The fourth-order valence-corrected chi connectivity index (χ4v) is 6.58. The van der Waals surface area contributed by atoms with Crippen LogP contribution >= 0.6 is 0 Å². The molecular formula is C29H37F6N7O4. The normalized spacial score (nSPS) is 26.5. The highest BCUT2D eigenvalue weighted by atomic mass is 19.4. The van der Waals surface area contributed by atoms with Crippen molar-refractivity contribution in [1.29, 1.82) is 0 Å². The van der Waals surface area contributed by atoms with Crippen LogP contribution < -0.4 is 15.8 Å². The Morgan fingerprint density at radius 3 is 2.67 bits per heavy atom. The molecule has 1 amide bonds. The number of carbonyl (C=O) groups is 1. The Morgan fingerprint density at radius 1 is 1.17 bits per heavy atom. The average Bonchev–Trinajstić information content (AvgIpc) is 3.40. The first-order valence-corrected chi connectivity index (χ1v) is 15.2. The van der Waals surface area contributed by atoms with Crippen molar-refractivity contribution in [2.75, 3.05) is 57.4 Å². The molecule has 0 radical (unpaired) electrons. The van der Waals surface area contributed by atoms with Gasteiger partial charge in [-0.3, -0.25) is 9.59 Å². The summed E-state index contributed by atoms with van der Waals surface area (Å²) in [6.07, 6.45) is -5.69. The molecule has 4 atom stereocenters. The SMILES string of the molecule is C=NC1=C(/C=C(\C)C(F)(F)F)OCCC2CN(C(=O)C3CNCC(OCC4CCCN4c4cn[nH]c(=O)c4C(F)(F)F)C3)CCN12. The van der Waals surface area contributed by atoms with Crippen LogP contribution in [0.4, 0.5) is 32.0 Å². The molecular weight excluding hydrogens is 624 g/mol. The van der Waals surface area contributed by atoms with E-state index < -0.39 is 41.0 Å². The predicted octanol–water partition coefficient (Wildman–Crippen LogP) is 3.06. The zero-order valence-corrected chi connectivity index (χ0v) is 25.3. The molecule has 11 nitrogen and oxygen atoms in total. The Balaban J connectivity index is 1.20. The molecule has 3 fully saturated rings. The third-order valence-corrected chi connectivity index (χ3v) is 8.93. The second-order valence-electron chi connectivity index (χ2n) is 11.9. The summed E-state index contributed by atoms with van der Waals surface area (Å²) in [7, 11) is 0. The van der Waals surface area contributed by atoms with Crippen molar-refractivity contribution >= 4 is 18.3 Å². The van der Waals surface area contributed by atoms with Gasteiger partial charge in [-0.2, -0.15) is 31.4 Å². The van der Waals surface area contributed by atoms with E-state index in [9.17, 15) is 35.9 Å². The van der Waals surface area contributed by atoms with Crippen LogP contribution in [-0.4, -0.2) is 109 Å². The van der Waals surface area contributed by atoms with Crippen molar-refractivity contribution in [1.82, 2.24) is 25.3 Å². The second-order valence-corrected chi connectivity index (χ2v) is 11.9. The van der Waals surface area contributed by atoms with Crippen molar-refractivity contribution < 1.29 is 40.6 Å². The number of halogens is 6. The number of fused-ring (bicyclic) bond motifs is 1. The zero-order valence-electron chi connectivity index (χ0n) is 25.3. The number of ether oxygens (including phenoxy) is 2. The number of hydrogen-bond acceptors (Lipinski definition) is 9. The van der Waals surface area contributed by atoms with Gasteiger partial charge in [0.15, 0.2) is 11.6 Å². The molecule has 3 saturated heterocycles. The lowest BCUT2D eigenvalue weighted by atomic mass is 9.95. The van der Waals surface area contributed by atoms with Crippen LogP contribution in [0.15, 0.2) is 39.2 Å². The number of nitrogens with one attached hydrogen (secondary N) is 2.